The number of benzene rings is 1. The maximum absolute atomic E-state index is 12.0. The van der Waals surface area contributed by atoms with Crippen LogP contribution < -0.4 is 10.2 Å². The standard InChI is InChI=1S/C15H17ClN2OS/c1-11-6-7-20-14(11)9-18(2)10-15(19)17-13-5-3-4-12(16)8-13/h3-8H,9-10H2,1-2H3,(H,17,19)/p+1. The highest BCUT2D eigenvalue weighted by Crippen LogP contribution is 2.15. The lowest BCUT2D eigenvalue weighted by molar-refractivity contribution is -0.884. The first kappa shape index (κ1) is 15.0. The van der Waals surface area contributed by atoms with Crippen LogP contribution in [0.3, 0.4) is 0 Å². The molecule has 1 atom stereocenters. The quantitative estimate of drug-likeness (QED) is 0.873. The smallest absolute Gasteiger partial charge is 0.279 e. The molecule has 1 unspecified atom stereocenters. The van der Waals surface area contributed by atoms with Crippen molar-refractivity contribution in [1.82, 2.24) is 0 Å². The van der Waals surface area contributed by atoms with Gasteiger partial charge in [-0.1, -0.05) is 17.7 Å². The van der Waals surface area contributed by atoms with Gasteiger partial charge in [0.1, 0.15) is 6.54 Å². The van der Waals surface area contributed by atoms with Gasteiger partial charge in [0.2, 0.25) is 0 Å². The predicted molar refractivity (Wildman–Crippen MR) is 84.6 cm³/mol. The minimum absolute atomic E-state index is 0.000948. The van der Waals surface area contributed by atoms with Crippen molar-refractivity contribution in [2.24, 2.45) is 0 Å². The third-order valence-corrected chi connectivity index (χ3v) is 4.26. The number of carbonyl (C=O) groups excluding carboxylic acids is 1. The summed E-state index contributed by atoms with van der Waals surface area (Å²) >= 11 is 7.63. The second kappa shape index (κ2) is 6.88. The van der Waals surface area contributed by atoms with Gasteiger partial charge in [-0.25, -0.2) is 0 Å². The van der Waals surface area contributed by atoms with Gasteiger partial charge < -0.3 is 10.2 Å². The summed E-state index contributed by atoms with van der Waals surface area (Å²) in [4.78, 5) is 14.5. The summed E-state index contributed by atoms with van der Waals surface area (Å²) in [5.41, 5.74) is 2.03. The van der Waals surface area contributed by atoms with E-state index in [1.54, 1.807) is 23.5 Å². The Morgan fingerprint density at radius 1 is 1.40 bits per heavy atom. The molecular weight excluding hydrogens is 292 g/mol. The van der Waals surface area contributed by atoms with Crippen molar-refractivity contribution in [2.45, 2.75) is 13.5 Å². The van der Waals surface area contributed by atoms with E-state index in [9.17, 15) is 4.79 Å². The highest BCUT2D eigenvalue weighted by Gasteiger charge is 2.12. The molecule has 0 aliphatic rings. The average Bonchev–Trinajstić information content (AvgIpc) is 2.74. The minimum atomic E-state index is -0.000948. The Labute approximate surface area is 128 Å². The normalized spacial score (nSPS) is 12.2. The molecule has 1 aromatic carbocycles. The third kappa shape index (κ3) is 4.34. The molecule has 0 saturated carbocycles. The van der Waals surface area contributed by atoms with E-state index in [4.69, 9.17) is 11.6 Å². The Bertz CT molecular complexity index is 597. The molecule has 2 aromatic rings. The largest absolute Gasteiger partial charge is 0.325 e. The first-order chi connectivity index (χ1) is 9.54. The Morgan fingerprint density at radius 3 is 2.85 bits per heavy atom. The molecule has 0 spiro atoms. The molecule has 20 heavy (non-hydrogen) atoms. The first-order valence-corrected chi connectivity index (χ1v) is 7.70. The van der Waals surface area contributed by atoms with Gasteiger partial charge in [-0.15, -0.1) is 11.3 Å². The number of quaternary nitrogens is 1. The number of amides is 1. The van der Waals surface area contributed by atoms with Gasteiger partial charge >= 0.3 is 0 Å². The highest BCUT2D eigenvalue weighted by atomic mass is 35.5. The fourth-order valence-corrected chi connectivity index (χ4v) is 3.18. The van der Waals surface area contributed by atoms with Crippen LogP contribution in [0.1, 0.15) is 10.4 Å². The lowest BCUT2D eigenvalue weighted by Gasteiger charge is -2.13. The number of carbonyl (C=O) groups is 1. The maximum atomic E-state index is 12.0. The molecule has 3 nitrogen and oxygen atoms in total. The number of aryl methyl sites for hydroxylation is 1. The van der Waals surface area contributed by atoms with Crippen molar-refractivity contribution in [3.05, 3.63) is 51.2 Å². The van der Waals surface area contributed by atoms with E-state index in [2.05, 4.69) is 23.7 Å². The molecule has 5 heteroatoms. The number of anilines is 1. The molecule has 0 aliphatic carbocycles. The van der Waals surface area contributed by atoms with Crippen LogP contribution >= 0.6 is 22.9 Å². The van der Waals surface area contributed by atoms with E-state index in [1.807, 2.05) is 19.2 Å². The lowest BCUT2D eigenvalue weighted by atomic mass is 10.3. The molecule has 0 fully saturated rings. The molecule has 1 aromatic heterocycles. The molecule has 0 aliphatic heterocycles. The number of thiophene rings is 1. The van der Waals surface area contributed by atoms with E-state index in [0.717, 1.165) is 17.1 Å². The molecule has 0 saturated heterocycles. The Hall–Kier alpha value is -1.36. The highest BCUT2D eigenvalue weighted by molar-refractivity contribution is 7.10. The summed E-state index contributed by atoms with van der Waals surface area (Å²) in [6.07, 6.45) is 0. The molecule has 106 valence electrons. The van der Waals surface area contributed by atoms with Crippen LogP contribution in [0.5, 0.6) is 0 Å². The number of halogens is 1. The van der Waals surface area contributed by atoms with Gasteiger partial charge in [0.25, 0.3) is 5.91 Å². The summed E-state index contributed by atoms with van der Waals surface area (Å²) in [5.74, 6) is -0.000948. The zero-order valence-corrected chi connectivity index (χ0v) is 13.1. The minimum Gasteiger partial charge on any atom is -0.325 e. The zero-order chi connectivity index (χ0) is 14.5. The van der Waals surface area contributed by atoms with Crippen LogP contribution in [-0.2, 0) is 11.3 Å². The summed E-state index contributed by atoms with van der Waals surface area (Å²) < 4.78 is 0. The van der Waals surface area contributed by atoms with E-state index in [0.29, 0.717) is 11.6 Å². The molecule has 1 amide bonds. The van der Waals surface area contributed by atoms with E-state index in [1.165, 1.54) is 10.4 Å². The monoisotopic (exact) mass is 309 g/mol. The van der Waals surface area contributed by atoms with E-state index in [-0.39, 0.29) is 5.91 Å². The lowest BCUT2D eigenvalue weighted by Crippen LogP contribution is -3.08. The number of nitrogens with one attached hydrogen (secondary N) is 2. The molecule has 2 rings (SSSR count). The predicted octanol–water partition coefficient (Wildman–Crippen LogP) is 2.36. The van der Waals surface area contributed by atoms with Crippen LogP contribution in [0.25, 0.3) is 0 Å². The molecule has 2 N–H and O–H groups in total. The summed E-state index contributed by atoms with van der Waals surface area (Å²) in [5, 5.41) is 5.58. The van der Waals surface area contributed by atoms with Crippen LogP contribution in [0.4, 0.5) is 5.69 Å². The van der Waals surface area contributed by atoms with Gasteiger partial charge in [0.05, 0.1) is 11.9 Å². The van der Waals surface area contributed by atoms with E-state index >= 15 is 0 Å². The second-order valence-corrected chi connectivity index (χ2v) is 6.33. The number of hydrogen-bond donors (Lipinski definition) is 2. The van der Waals surface area contributed by atoms with Crippen molar-refractivity contribution < 1.29 is 9.69 Å². The topological polar surface area (TPSA) is 33.5 Å². The average molecular weight is 310 g/mol. The third-order valence-electron chi connectivity index (χ3n) is 3.00. The molecular formula is C15H18ClN2OS+. The molecule has 0 radical (unpaired) electrons. The first-order valence-electron chi connectivity index (χ1n) is 6.44. The van der Waals surface area contributed by atoms with Crippen molar-refractivity contribution in [3.63, 3.8) is 0 Å². The summed E-state index contributed by atoms with van der Waals surface area (Å²) in [7, 11) is 2.02. The van der Waals surface area contributed by atoms with Crippen LogP contribution in [0.2, 0.25) is 5.02 Å². The molecule has 1 heterocycles. The SMILES string of the molecule is Cc1ccsc1C[NH+](C)CC(=O)Nc1cccc(Cl)c1. The Balaban J connectivity index is 1.86. The van der Waals surface area contributed by atoms with Crippen molar-refractivity contribution in [3.8, 4) is 0 Å². The number of likely N-dealkylation sites (N-methyl/N-ethyl adjacent to an activating group) is 1. The van der Waals surface area contributed by atoms with Gasteiger partial charge in [-0.05, 0) is 42.1 Å². The molecule has 0 bridgehead atoms. The van der Waals surface area contributed by atoms with E-state index < -0.39 is 0 Å². The fraction of sp³-hybridized carbons (Fsp3) is 0.267. The van der Waals surface area contributed by atoms with Crippen LogP contribution in [-0.4, -0.2) is 19.5 Å². The van der Waals surface area contributed by atoms with Gasteiger partial charge in [-0.3, -0.25) is 4.79 Å². The van der Waals surface area contributed by atoms with Crippen molar-refractivity contribution in [1.29, 1.82) is 0 Å². The van der Waals surface area contributed by atoms with Gasteiger partial charge in [0, 0.05) is 10.7 Å². The fourth-order valence-electron chi connectivity index (χ4n) is 1.97. The number of hydrogen-bond acceptors (Lipinski definition) is 2. The Morgan fingerprint density at radius 2 is 2.20 bits per heavy atom. The van der Waals surface area contributed by atoms with Gasteiger partial charge in [0.15, 0.2) is 6.54 Å². The Kier molecular flexibility index (Phi) is 5.17. The van der Waals surface area contributed by atoms with Crippen molar-refractivity contribution >= 4 is 34.5 Å². The number of rotatable bonds is 5. The maximum Gasteiger partial charge on any atom is 0.279 e. The van der Waals surface area contributed by atoms with Gasteiger partial charge in [-0.2, -0.15) is 0 Å². The zero-order valence-electron chi connectivity index (χ0n) is 11.6. The van der Waals surface area contributed by atoms with Crippen molar-refractivity contribution in [2.75, 3.05) is 18.9 Å². The summed E-state index contributed by atoms with van der Waals surface area (Å²) in [6, 6.07) is 9.30. The summed E-state index contributed by atoms with van der Waals surface area (Å²) in [6.45, 7) is 3.40. The second-order valence-electron chi connectivity index (χ2n) is 4.90. The van der Waals surface area contributed by atoms with Crippen LogP contribution in [0.15, 0.2) is 35.7 Å². The van der Waals surface area contributed by atoms with Crippen LogP contribution in [0, 0.1) is 6.92 Å².